The van der Waals surface area contributed by atoms with Crippen molar-refractivity contribution in [3.63, 3.8) is 0 Å². The molecule has 4 nitrogen and oxygen atoms in total. The zero-order chi connectivity index (χ0) is 14.1. The maximum absolute atomic E-state index is 7.84. The number of anilines is 1. The van der Waals surface area contributed by atoms with Gasteiger partial charge in [0, 0.05) is 12.1 Å². The molecule has 1 aromatic carbocycles. The monoisotopic (exact) mass is 273 g/mol. The molecule has 0 spiro atoms. The predicted molar refractivity (Wildman–Crippen MR) is 81.5 cm³/mol. The first-order chi connectivity index (χ1) is 9.68. The number of ether oxygens (including phenoxy) is 1. The van der Waals surface area contributed by atoms with Crippen LogP contribution in [0.3, 0.4) is 0 Å². The van der Waals surface area contributed by atoms with E-state index in [1.807, 2.05) is 12.1 Å². The van der Waals surface area contributed by atoms with Gasteiger partial charge in [-0.25, -0.2) is 0 Å². The number of fused-ring (bicyclic) bond motifs is 1. The molecule has 0 amide bonds. The molecule has 108 valence electrons. The number of rotatable bonds is 2. The van der Waals surface area contributed by atoms with Gasteiger partial charge < -0.3 is 15.4 Å². The molecule has 3 rings (SSSR count). The topological polar surface area (TPSA) is 62.3 Å². The molecule has 0 radical (unpaired) electrons. The van der Waals surface area contributed by atoms with E-state index in [1.54, 1.807) is 0 Å². The lowest BCUT2D eigenvalue weighted by Gasteiger charge is -2.46. The van der Waals surface area contributed by atoms with Crippen LogP contribution in [-0.4, -0.2) is 31.1 Å². The zero-order valence-corrected chi connectivity index (χ0v) is 12.1. The van der Waals surface area contributed by atoms with Gasteiger partial charge in [0.25, 0.3) is 0 Å². The Morgan fingerprint density at radius 2 is 2.15 bits per heavy atom. The molecule has 0 aromatic heterocycles. The molecule has 1 heterocycles. The Balaban J connectivity index is 2.00. The third kappa shape index (κ3) is 2.29. The molecule has 2 unspecified atom stereocenters. The van der Waals surface area contributed by atoms with Crippen LogP contribution >= 0.6 is 0 Å². The summed E-state index contributed by atoms with van der Waals surface area (Å²) in [6.45, 7) is 3.77. The van der Waals surface area contributed by atoms with Gasteiger partial charge in [-0.2, -0.15) is 0 Å². The minimum Gasteiger partial charge on any atom is -0.384 e. The third-order valence-corrected chi connectivity index (χ3v) is 4.55. The third-order valence-electron chi connectivity index (χ3n) is 4.55. The van der Waals surface area contributed by atoms with E-state index in [9.17, 15) is 0 Å². The second-order valence-electron chi connectivity index (χ2n) is 5.84. The Kier molecular flexibility index (Phi) is 3.66. The summed E-state index contributed by atoms with van der Waals surface area (Å²) in [4.78, 5) is 2.44. The first-order valence-corrected chi connectivity index (χ1v) is 7.50. The van der Waals surface area contributed by atoms with Crippen LogP contribution in [0.1, 0.15) is 36.8 Å². The fourth-order valence-corrected chi connectivity index (χ4v) is 3.63. The number of hydrogen-bond acceptors (Lipinski definition) is 3. The summed E-state index contributed by atoms with van der Waals surface area (Å²) in [5.41, 5.74) is 8.98. The highest BCUT2D eigenvalue weighted by molar-refractivity contribution is 6.01. The Hall–Kier alpha value is -1.55. The van der Waals surface area contributed by atoms with Crippen molar-refractivity contribution in [2.45, 2.75) is 44.8 Å². The van der Waals surface area contributed by atoms with Gasteiger partial charge in [-0.3, -0.25) is 5.41 Å². The van der Waals surface area contributed by atoms with Crippen LogP contribution in [0, 0.1) is 12.3 Å². The summed E-state index contributed by atoms with van der Waals surface area (Å²) >= 11 is 0. The lowest BCUT2D eigenvalue weighted by molar-refractivity contribution is -0.00872. The SMILES string of the molecule is Cc1cccc(C(=N)N)c1N1CCOC2CCCCC21. The Morgan fingerprint density at radius 3 is 2.95 bits per heavy atom. The fourth-order valence-electron chi connectivity index (χ4n) is 3.63. The lowest BCUT2D eigenvalue weighted by Crippen LogP contribution is -2.53. The normalized spacial score (nSPS) is 26.1. The summed E-state index contributed by atoms with van der Waals surface area (Å²) in [6, 6.07) is 6.48. The molecule has 0 bridgehead atoms. The second-order valence-corrected chi connectivity index (χ2v) is 5.84. The number of nitrogens with one attached hydrogen (secondary N) is 1. The van der Waals surface area contributed by atoms with Crippen molar-refractivity contribution in [1.82, 2.24) is 0 Å². The molecule has 2 fully saturated rings. The Labute approximate surface area is 120 Å². The highest BCUT2D eigenvalue weighted by Crippen LogP contribution is 2.35. The van der Waals surface area contributed by atoms with Crippen LogP contribution in [0.2, 0.25) is 0 Å². The summed E-state index contributed by atoms with van der Waals surface area (Å²) in [5, 5.41) is 7.84. The number of aryl methyl sites for hydroxylation is 1. The second kappa shape index (κ2) is 5.44. The van der Waals surface area contributed by atoms with Crippen molar-refractivity contribution >= 4 is 11.5 Å². The number of amidine groups is 1. The van der Waals surface area contributed by atoms with Gasteiger partial charge >= 0.3 is 0 Å². The van der Waals surface area contributed by atoms with E-state index >= 15 is 0 Å². The van der Waals surface area contributed by atoms with Crippen molar-refractivity contribution < 1.29 is 4.74 Å². The fraction of sp³-hybridized carbons (Fsp3) is 0.562. The standard InChI is InChI=1S/C16H23N3O/c1-11-5-4-6-12(16(17)18)15(11)19-9-10-20-14-8-3-2-7-13(14)19/h4-6,13-14H,2-3,7-10H2,1H3,(H3,17,18). The van der Waals surface area contributed by atoms with E-state index in [2.05, 4.69) is 17.9 Å². The molecule has 1 aliphatic carbocycles. The molecule has 1 saturated heterocycles. The van der Waals surface area contributed by atoms with Crippen LogP contribution in [0.4, 0.5) is 5.69 Å². The molecule has 1 saturated carbocycles. The molecular weight excluding hydrogens is 250 g/mol. The summed E-state index contributed by atoms with van der Waals surface area (Å²) in [6.07, 6.45) is 5.21. The molecule has 4 heteroatoms. The number of nitrogens with zero attached hydrogens (tertiary/aromatic N) is 1. The van der Waals surface area contributed by atoms with E-state index in [0.29, 0.717) is 12.1 Å². The van der Waals surface area contributed by atoms with E-state index in [1.165, 1.54) is 24.8 Å². The van der Waals surface area contributed by atoms with Crippen molar-refractivity contribution in [3.8, 4) is 0 Å². The van der Waals surface area contributed by atoms with Crippen molar-refractivity contribution in [2.24, 2.45) is 5.73 Å². The van der Waals surface area contributed by atoms with Gasteiger partial charge in [0.2, 0.25) is 0 Å². The predicted octanol–water partition coefficient (Wildman–Crippen LogP) is 2.43. The van der Waals surface area contributed by atoms with E-state index < -0.39 is 0 Å². The number of hydrogen-bond donors (Lipinski definition) is 2. The van der Waals surface area contributed by atoms with E-state index in [-0.39, 0.29) is 5.84 Å². The van der Waals surface area contributed by atoms with Gasteiger partial charge in [0.1, 0.15) is 5.84 Å². The van der Waals surface area contributed by atoms with Gasteiger partial charge in [-0.05, 0) is 31.4 Å². The molecule has 20 heavy (non-hydrogen) atoms. The molecule has 2 aliphatic rings. The molecule has 1 aliphatic heterocycles. The Bertz CT molecular complexity index is 512. The minimum absolute atomic E-state index is 0.155. The van der Waals surface area contributed by atoms with Gasteiger partial charge in [-0.1, -0.05) is 25.0 Å². The largest absolute Gasteiger partial charge is 0.384 e. The maximum Gasteiger partial charge on any atom is 0.124 e. The minimum atomic E-state index is 0.155. The van der Waals surface area contributed by atoms with Crippen LogP contribution in [-0.2, 0) is 4.74 Å². The van der Waals surface area contributed by atoms with E-state index in [0.717, 1.165) is 30.8 Å². The van der Waals surface area contributed by atoms with Crippen LogP contribution in [0.5, 0.6) is 0 Å². The van der Waals surface area contributed by atoms with Crippen molar-refractivity contribution in [3.05, 3.63) is 29.3 Å². The maximum atomic E-state index is 7.84. The number of para-hydroxylation sites is 1. The van der Waals surface area contributed by atoms with E-state index in [4.69, 9.17) is 15.9 Å². The summed E-state index contributed by atoms with van der Waals surface area (Å²) in [5.74, 6) is 0.155. The first-order valence-electron chi connectivity index (χ1n) is 7.50. The molecule has 1 aromatic rings. The lowest BCUT2D eigenvalue weighted by atomic mass is 9.89. The number of morpholine rings is 1. The quantitative estimate of drug-likeness (QED) is 0.642. The van der Waals surface area contributed by atoms with Crippen molar-refractivity contribution in [1.29, 1.82) is 5.41 Å². The number of nitrogens with two attached hydrogens (primary N) is 1. The highest BCUT2D eigenvalue weighted by atomic mass is 16.5. The molecule has 3 N–H and O–H groups in total. The summed E-state index contributed by atoms with van der Waals surface area (Å²) < 4.78 is 5.95. The number of nitrogen functional groups attached to an aromatic ring is 1. The Morgan fingerprint density at radius 1 is 1.35 bits per heavy atom. The average molecular weight is 273 g/mol. The zero-order valence-electron chi connectivity index (χ0n) is 12.1. The highest BCUT2D eigenvalue weighted by Gasteiger charge is 2.35. The number of benzene rings is 1. The molecular formula is C16H23N3O. The van der Waals surface area contributed by atoms with Gasteiger partial charge in [0.15, 0.2) is 0 Å². The smallest absolute Gasteiger partial charge is 0.124 e. The van der Waals surface area contributed by atoms with Crippen LogP contribution in [0.15, 0.2) is 18.2 Å². The van der Waals surface area contributed by atoms with Crippen LogP contribution in [0.25, 0.3) is 0 Å². The van der Waals surface area contributed by atoms with Crippen molar-refractivity contribution in [2.75, 3.05) is 18.1 Å². The van der Waals surface area contributed by atoms with Gasteiger partial charge in [0.05, 0.1) is 24.4 Å². The van der Waals surface area contributed by atoms with Crippen LogP contribution < -0.4 is 10.6 Å². The first kappa shape index (κ1) is 13.4. The molecule has 2 atom stereocenters. The summed E-state index contributed by atoms with van der Waals surface area (Å²) in [7, 11) is 0. The average Bonchev–Trinajstić information content (AvgIpc) is 2.46. The van der Waals surface area contributed by atoms with Gasteiger partial charge in [-0.15, -0.1) is 0 Å².